The average Bonchev–Trinajstić information content (AvgIpc) is 2.88. The quantitative estimate of drug-likeness (QED) is 0.844. The molecule has 7 nitrogen and oxygen atoms in total. The SMILES string of the molecule is CCOc1cc(NC(=O)N(CC)C2CCS(=O)(=O)C2)ccc1OC. The summed E-state index contributed by atoms with van der Waals surface area (Å²) in [6.07, 6.45) is 0.483. The van der Waals surface area contributed by atoms with Gasteiger partial charge in [0.15, 0.2) is 21.3 Å². The number of hydrogen-bond acceptors (Lipinski definition) is 5. The maximum Gasteiger partial charge on any atom is 0.322 e. The molecule has 0 bridgehead atoms. The van der Waals surface area contributed by atoms with E-state index < -0.39 is 9.84 Å². The molecule has 0 aliphatic carbocycles. The van der Waals surface area contributed by atoms with Crippen molar-refractivity contribution in [3.8, 4) is 11.5 Å². The molecule has 1 fully saturated rings. The molecule has 1 N–H and O–H groups in total. The molecule has 0 saturated carbocycles. The summed E-state index contributed by atoms with van der Waals surface area (Å²) in [5.74, 6) is 1.30. The van der Waals surface area contributed by atoms with E-state index in [4.69, 9.17) is 9.47 Å². The molecule has 1 unspecified atom stereocenters. The fourth-order valence-electron chi connectivity index (χ4n) is 2.81. The zero-order valence-corrected chi connectivity index (χ0v) is 15.1. The number of urea groups is 1. The molecule has 1 aromatic rings. The van der Waals surface area contributed by atoms with E-state index in [9.17, 15) is 13.2 Å². The fraction of sp³-hybridized carbons (Fsp3) is 0.562. The number of carbonyl (C=O) groups excluding carboxylic acids is 1. The zero-order chi connectivity index (χ0) is 17.7. The third-order valence-corrected chi connectivity index (χ3v) is 5.72. The molecule has 1 heterocycles. The summed E-state index contributed by atoms with van der Waals surface area (Å²) in [5.41, 5.74) is 0.573. The Balaban J connectivity index is 2.11. The van der Waals surface area contributed by atoms with Gasteiger partial charge in [0, 0.05) is 24.3 Å². The van der Waals surface area contributed by atoms with Crippen LogP contribution in [0.15, 0.2) is 18.2 Å². The number of sulfone groups is 1. The van der Waals surface area contributed by atoms with Crippen molar-refractivity contribution < 1.29 is 22.7 Å². The first-order valence-corrected chi connectivity index (χ1v) is 9.81. The third-order valence-electron chi connectivity index (χ3n) is 3.97. The highest BCUT2D eigenvalue weighted by molar-refractivity contribution is 7.91. The number of benzene rings is 1. The van der Waals surface area contributed by atoms with Gasteiger partial charge in [0.25, 0.3) is 0 Å². The van der Waals surface area contributed by atoms with Crippen LogP contribution in [-0.2, 0) is 9.84 Å². The van der Waals surface area contributed by atoms with E-state index >= 15 is 0 Å². The highest BCUT2D eigenvalue weighted by Crippen LogP contribution is 2.30. The molecule has 2 amide bonds. The normalized spacial score (nSPS) is 18.9. The lowest BCUT2D eigenvalue weighted by molar-refractivity contribution is 0.197. The van der Waals surface area contributed by atoms with Crippen molar-refractivity contribution in [2.75, 3.05) is 37.1 Å². The Hall–Kier alpha value is -1.96. The Morgan fingerprint density at radius 1 is 1.33 bits per heavy atom. The standard InChI is InChI=1S/C16H24N2O5S/c1-4-18(13-8-9-24(20,21)11-13)16(19)17-12-6-7-14(22-3)15(10-12)23-5-2/h6-7,10,13H,4-5,8-9,11H2,1-3H3,(H,17,19). The lowest BCUT2D eigenvalue weighted by Crippen LogP contribution is -2.43. The van der Waals surface area contributed by atoms with Crippen molar-refractivity contribution in [2.24, 2.45) is 0 Å². The van der Waals surface area contributed by atoms with Gasteiger partial charge in [-0.25, -0.2) is 13.2 Å². The van der Waals surface area contributed by atoms with Crippen molar-refractivity contribution in [1.29, 1.82) is 0 Å². The van der Waals surface area contributed by atoms with E-state index in [-0.39, 0.29) is 23.6 Å². The topological polar surface area (TPSA) is 84.9 Å². The second kappa shape index (κ2) is 7.74. The first-order valence-electron chi connectivity index (χ1n) is 7.99. The van der Waals surface area contributed by atoms with Gasteiger partial charge in [0.2, 0.25) is 0 Å². The van der Waals surface area contributed by atoms with Crippen molar-refractivity contribution in [2.45, 2.75) is 26.3 Å². The molecule has 0 spiro atoms. The van der Waals surface area contributed by atoms with Crippen LogP contribution in [0.25, 0.3) is 0 Å². The van der Waals surface area contributed by atoms with E-state index in [1.807, 2.05) is 13.8 Å². The Labute approximate surface area is 142 Å². The molecule has 2 rings (SSSR count). The lowest BCUT2D eigenvalue weighted by atomic mass is 10.2. The minimum atomic E-state index is -3.04. The number of hydrogen-bond donors (Lipinski definition) is 1. The molecule has 1 saturated heterocycles. The molecule has 1 aromatic carbocycles. The maximum absolute atomic E-state index is 12.5. The van der Waals surface area contributed by atoms with Crippen LogP contribution < -0.4 is 14.8 Å². The fourth-order valence-corrected chi connectivity index (χ4v) is 4.54. The number of nitrogens with zero attached hydrogens (tertiary/aromatic N) is 1. The van der Waals surface area contributed by atoms with E-state index in [1.165, 1.54) is 0 Å². The molecule has 8 heteroatoms. The minimum Gasteiger partial charge on any atom is -0.493 e. The van der Waals surface area contributed by atoms with E-state index in [2.05, 4.69) is 5.32 Å². The molecule has 134 valence electrons. The van der Waals surface area contributed by atoms with Crippen LogP contribution in [0.5, 0.6) is 11.5 Å². The monoisotopic (exact) mass is 356 g/mol. The molecular formula is C16H24N2O5S. The first kappa shape index (κ1) is 18.4. The van der Waals surface area contributed by atoms with E-state index in [0.29, 0.717) is 36.8 Å². The van der Waals surface area contributed by atoms with Gasteiger partial charge in [-0.1, -0.05) is 0 Å². The van der Waals surface area contributed by atoms with Crippen LogP contribution in [0.2, 0.25) is 0 Å². The van der Waals surface area contributed by atoms with Crippen molar-refractivity contribution in [3.63, 3.8) is 0 Å². The number of ether oxygens (including phenoxy) is 2. The van der Waals surface area contributed by atoms with Crippen molar-refractivity contribution >= 4 is 21.6 Å². The highest BCUT2D eigenvalue weighted by Gasteiger charge is 2.34. The third kappa shape index (κ3) is 4.31. The van der Waals surface area contributed by atoms with Gasteiger partial charge in [-0.2, -0.15) is 0 Å². The van der Waals surface area contributed by atoms with Gasteiger partial charge < -0.3 is 19.7 Å². The van der Waals surface area contributed by atoms with Crippen molar-refractivity contribution in [1.82, 2.24) is 4.90 Å². The number of nitrogens with one attached hydrogen (secondary N) is 1. The lowest BCUT2D eigenvalue weighted by Gasteiger charge is -2.27. The zero-order valence-electron chi connectivity index (χ0n) is 14.2. The second-order valence-corrected chi connectivity index (χ2v) is 7.80. The van der Waals surface area contributed by atoms with Crippen LogP contribution in [0.1, 0.15) is 20.3 Å². The van der Waals surface area contributed by atoms with Crippen LogP contribution in [-0.4, -0.2) is 57.2 Å². The average molecular weight is 356 g/mol. The second-order valence-electron chi connectivity index (χ2n) is 5.57. The largest absolute Gasteiger partial charge is 0.493 e. The molecule has 0 aromatic heterocycles. The molecule has 1 aliphatic rings. The molecule has 0 radical (unpaired) electrons. The maximum atomic E-state index is 12.5. The Bertz CT molecular complexity index is 690. The van der Waals surface area contributed by atoms with Gasteiger partial charge in [0.1, 0.15) is 0 Å². The van der Waals surface area contributed by atoms with E-state index in [0.717, 1.165) is 0 Å². The molecule has 24 heavy (non-hydrogen) atoms. The highest BCUT2D eigenvalue weighted by atomic mass is 32.2. The van der Waals surface area contributed by atoms with Crippen molar-refractivity contribution in [3.05, 3.63) is 18.2 Å². The smallest absolute Gasteiger partial charge is 0.322 e. The number of methoxy groups -OCH3 is 1. The number of anilines is 1. The Morgan fingerprint density at radius 2 is 2.08 bits per heavy atom. The van der Waals surface area contributed by atoms with Gasteiger partial charge in [-0.15, -0.1) is 0 Å². The van der Waals surface area contributed by atoms with Gasteiger partial charge >= 0.3 is 6.03 Å². The summed E-state index contributed by atoms with van der Waals surface area (Å²) in [6.45, 7) is 4.63. The summed E-state index contributed by atoms with van der Waals surface area (Å²) in [6, 6.07) is 4.55. The summed E-state index contributed by atoms with van der Waals surface area (Å²) in [5, 5.41) is 2.80. The first-order chi connectivity index (χ1) is 11.4. The van der Waals surface area contributed by atoms with Gasteiger partial charge in [-0.05, 0) is 32.4 Å². The summed E-state index contributed by atoms with van der Waals surface area (Å²) >= 11 is 0. The molecule has 1 atom stereocenters. The van der Waals surface area contributed by atoms with Gasteiger partial charge in [-0.3, -0.25) is 0 Å². The van der Waals surface area contributed by atoms with Crippen LogP contribution in [0, 0.1) is 0 Å². The predicted molar refractivity (Wildman–Crippen MR) is 92.6 cm³/mol. The number of rotatable bonds is 6. The van der Waals surface area contributed by atoms with Crippen LogP contribution >= 0.6 is 0 Å². The molecule has 1 aliphatic heterocycles. The van der Waals surface area contributed by atoms with Crippen LogP contribution in [0.3, 0.4) is 0 Å². The summed E-state index contributed by atoms with van der Waals surface area (Å²) in [7, 11) is -1.49. The van der Waals surface area contributed by atoms with Gasteiger partial charge in [0.05, 0.1) is 25.2 Å². The Morgan fingerprint density at radius 3 is 2.62 bits per heavy atom. The molecular weight excluding hydrogens is 332 g/mol. The summed E-state index contributed by atoms with van der Waals surface area (Å²) in [4.78, 5) is 14.1. The van der Waals surface area contributed by atoms with Crippen LogP contribution in [0.4, 0.5) is 10.5 Å². The number of carbonyl (C=O) groups is 1. The minimum absolute atomic E-state index is 0.0288. The Kier molecular flexibility index (Phi) is 5.93. The van der Waals surface area contributed by atoms with E-state index in [1.54, 1.807) is 30.2 Å². The summed E-state index contributed by atoms with van der Waals surface area (Å²) < 4.78 is 34.0. The number of amides is 2. The predicted octanol–water partition coefficient (Wildman–Crippen LogP) is 2.13.